The van der Waals surface area contributed by atoms with E-state index in [-0.39, 0.29) is 34.3 Å². The predicted octanol–water partition coefficient (Wildman–Crippen LogP) is 1.67. The van der Waals surface area contributed by atoms with Crippen molar-refractivity contribution in [2.75, 3.05) is 39.3 Å². The average Bonchev–Trinajstić information content (AvgIpc) is 3.09. The molecular weight excluding hydrogens is 407 g/mol. The van der Waals surface area contributed by atoms with E-state index in [2.05, 4.69) is 10.3 Å². The number of likely N-dealkylation sites (tertiary alicyclic amines) is 3. The van der Waals surface area contributed by atoms with E-state index in [0.29, 0.717) is 50.7 Å². The number of alkyl halides is 3. The summed E-state index contributed by atoms with van der Waals surface area (Å²) < 4.78 is 39.3. The highest BCUT2D eigenvalue weighted by molar-refractivity contribution is 7.11. The number of rotatable bonds is 2. The first-order valence-electron chi connectivity index (χ1n) is 9.67. The summed E-state index contributed by atoms with van der Waals surface area (Å²) in [5.41, 5.74) is -0.971. The van der Waals surface area contributed by atoms with Gasteiger partial charge in [-0.2, -0.15) is 13.2 Å². The van der Waals surface area contributed by atoms with Gasteiger partial charge in [0.1, 0.15) is 0 Å². The number of carbonyl (C=O) groups is 2. The summed E-state index contributed by atoms with van der Waals surface area (Å²) in [7, 11) is 0. The standard InChI is InChI=1S/C18H22F3N5O2S/c1-11-22-14(18(19,20)21)12(29-11)4-24-5-16(6-24)7-25(8-16)15(28)26-9-17(10-26)3-2-13(27)23-17/h2-10H2,1H3,(H,23,27). The third-order valence-electron chi connectivity index (χ3n) is 6.37. The second kappa shape index (κ2) is 6.07. The maximum Gasteiger partial charge on any atom is 0.434 e. The lowest BCUT2D eigenvalue weighted by atomic mass is 9.73. The smallest absolute Gasteiger partial charge is 0.347 e. The Bertz CT molecular complexity index is 865. The molecule has 4 aliphatic heterocycles. The van der Waals surface area contributed by atoms with Crippen LogP contribution in [-0.2, 0) is 17.5 Å². The summed E-state index contributed by atoms with van der Waals surface area (Å²) in [6.45, 7) is 5.67. The number of urea groups is 1. The van der Waals surface area contributed by atoms with Gasteiger partial charge in [0.25, 0.3) is 0 Å². The molecule has 0 radical (unpaired) electrons. The molecule has 5 heterocycles. The topological polar surface area (TPSA) is 68.8 Å². The van der Waals surface area contributed by atoms with E-state index in [1.165, 1.54) is 0 Å². The molecule has 4 aliphatic rings. The normalized spacial score (nSPS) is 25.0. The molecule has 29 heavy (non-hydrogen) atoms. The third-order valence-corrected chi connectivity index (χ3v) is 7.33. The molecule has 1 aromatic rings. The maximum atomic E-state index is 13.1. The van der Waals surface area contributed by atoms with Gasteiger partial charge in [-0.05, 0) is 13.3 Å². The first kappa shape index (κ1) is 19.1. The van der Waals surface area contributed by atoms with Crippen molar-refractivity contribution in [3.63, 3.8) is 0 Å². The molecule has 4 fully saturated rings. The first-order valence-corrected chi connectivity index (χ1v) is 10.5. The second-order valence-electron chi connectivity index (χ2n) is 8.97. The van der Waals surface area contributed by atoms with Crippen molar-refractivity contribution in [1.29, 1.82) is 0 Å². The van der Waals surface area contributed by atoms with Gasteiger partial charge in [-0.1, -0.05) is 0 Å². The largest absolute Gasteiger partial charge is 0.434 e. The Balaban J connectivity index is 1.10. The van der Waals surface area contributed by atoms with Crippen LogP contribution in [0.15, 0.2) is 0 Å². The van der Waals surface area contributed by atoms with Gasteiger partial charge in [0, 0.05) is 57.6 Å². The molecule has 11 heteroatoms. The van der Waals surface area contributed by atoms with Gasteiger partial charge in [0.05, 0.1) is 15.4 Å². The molecule has 1 N–H and O–H groups in total. The maximum absolute atomic E-state index is 13.1. The zero-order valence-electron chi connectivity index (χ0n) is 16.0. The zero-order valence-corrected chi connectivity index (χ0v) is 16.8. The van der Waals surface area contributed by atoms with E-state index in [0.717, 1.165) is 17.8 Å². The van der Waals surface area contributed by atoms with Crippen LogP contribution in [0.5, 0.6) is 0 Å². The lowest BCUT2D eigenvalue weighted by Crippen LogP contribution is -2.76. The Morgan fingerprint density at radius 2 is 1.83 bits per heavy atom. The number of aryl methyl sites for hydroxylation is 1. The molecule has 158 valence electrons. The number of amides is 3. The number of carbonyl (C=O) groups excluding carboxylic acids is 2. The van der Waals surface area contributed by atoms with Crippen molar-refractivity contribution >= 4 is 23.3 Å². The molecule has 0 atom stereocenters. The quantitative estimate of drug-likeness (QED) is 0.777. The van der Waals surface area contributed by atoms with E-state index in [9.17, 15) is 22.8 Å². The minimum absolute atomic E-state index is 0.00158. The van der Waals surface area contributed by atoms with Crippen LogP contribution in [0.2, 0.25) is 0 Å². The number of hydrogen-bond donors (Lipinski definition) is 1. The number of thiazole rings is 1. The van der Waals surface area contributed by atoms with Gasteiger partial charge in [0.2, 0.25) is 5.91 Å². The zero-order chi connectivity index (χ0) is 20.6. The average molecular weight is 429 g/mol. The number of halogens is 3. The molecule has 0 saturated carbocycles. The van der Waals surface area contributed by atoms with Gasteiger partial charge >= 0.3 is 12.2 Å². The molecule has 0 aromatic carbocycles. The minimum Gasteiger partial charge on any atom is -0.347 e. The fourth-order valence-corrected chi connectivity index (χ4v) is 6.14. The van der Waals surface area contributed by atoms with Crippen LogP contribution >= 0.6 is 11.3 Å². The first-order chi connectivity index (χ1) is 13.6. The fourth-order valence-electron chi connectivity index (χ4n) is 5.14. The Hall–Kier alpha value is -1.88. The van der Waals surface area contributed by atoms with Crippen LogP contribution in [0, 0.1) is 12.3 Å². The molecule has 3 amide bonds. The highest BCUT2D eigenvalue weighted by Crippen LogP contribution is 2.43. The van der Waals surface area contributed by atoms with Gasteiger partial charge in [-0.3, -0.25) is 9.69 Å². The summed E-state index contributed by atoms with van der Waals surface area (Å²) in [6.07, 6.45) is -3.11. The third kappa shape index (κ3) is 3.18. The van der Waals surface area contributed by atoms with E-state index >= 15 is 0 Å². The highest BCUT2D eigenvalue weighted by atomic mass is 32.1. The van der Waals surface area contributed by atoms with Crippen LogP contribution in [0.25, 0.3) is 0 Å². The molecule has 5 rings (SSSR count). The molecule has 1 aromatic heterocycles. The summed E-state index contributed by atoms with van der Waals surface area (Å²) >= 11 is 1.10. The van der Waals surface area contributed by atoms with E-state index in [1.807, 2.05) is 4.90 Å². The monoisotopic (exact) mass is 429 g/mol. The summed E-state index contributed by atoms with van der Waals surface area (Å²) in [5.74, 6) is 0.0550. The van der Waals surface area contributed by atoms with Crippen molar-refractivity contribution in [2.45, 2.75) is 38.0 Å². The summed E-state index contributed by atoms with van der Waals surface area (Å²) in [4.78, 5) is 33.5. The van der Waals surface area contributed by atoms with Crippen LogP contribution in [-0.4, -0.2) is 76.4 Å². The highest BCUT2D eigenvalue weighted by Gasteiger charge is 2.56. The number of aromatic nitrogens is 1. The molecular formula is C18H22F3N5O2S. The predicted molar refractivity (Wildman–Crippen MR) is 98.2 cm³/mol. The van der Waals surface area contributed by atoms with Crippen LogP contribution in [0.3, 0.4) is 0 Å². The Morgan fingerprint density at radius 1 is 1.17 bits per heavy atom. The molecule has 2 spiro atoms. The SMILES string of the molecule is Cc1nc(C(F)(F)F)c(CN2CC3(C2)CN(C(=O)N2CC4(CCC(=O)N4)C2)C3)s1. The van der Waals surface area contributed by atoms with Gasteiger partial charge in [-0.25, -0.2) is 9.78 Å². The summed E-state index contributed by atoms with van der Waals surface area (Å²) in [6, 6.07) is -0.00158. The minimum atomic E-state index is -4.42. The van der Waals surface area contributed by atoms with Gasteiger partial charge in [0.15, 0.2) is 5.69 Å². The molecule has 0 bridgehead atoms. The lowest BCUT2D eigenvalue weighted by molar-refractivity contribution is -0.142. The van der Waals surface area contributed by atoms with Crippen molar-refractivity contribution in [1.82, 2.24) is 25.0 Å². The van der Waals surface area contributed by atoms with Gasteiger partial charge < -0.3 is 15.1 Å². The summed E-state index contributed by atoms with van der Waals surface area (Å²) in [5, 5.41) is 3.39. The van der Waals surface area contributed by atoms with Crippen LogP contribution in [0.1, 0.15) is 28.4 Å². The molecule has 7 nitrogen and oxygen atoms in total. The van der Waals surface area contributed by atoms with Gasteiger partial charge in [-0.15, -0.1) is 11.3 Å². The molecule has 0 unspecified atom stereocenters. The van der Waals surface area contributed by atoms with Crippen molar-refractivity contribution in [3.8, 4) is 0 Å². The van der Waals surface area contributed by atoms with Crippen molar-refractivity contribution in [2.24, 2.45) is 5.41 Å². The number of hydrogen-bond acceptors (Lipinski definition) is 5. The van der Waals surface area contributed by atoms with Crippen LogP contribution < -0.4 is 5.32 Å². The second-order valence-corrected chi connectivity index (χ2v) is 10.3. The van der Waals surface area contributed by atoms with E-state index in [1.54, 1.807) is 16.7 Å². The fraction of sp³-hybridized carbons (Fsp3) is 0.722. The van der Waals surface area contributed by atoms with Crippen LogP contribution in [0.4, 0.5) is 18.0 Å². The Morgan fingerprint density at radius 3 is 2.41 bits per heavy atom. The Labute approximate surface area is 169 Å². The lowest BCUT2D eigenvalue weighted by Gasteiger charge is -2.61. The van der Waals surface area contributed by atoms with Crippen molar-refractivity contribution in [3.05, 3.63) is 15.6 Å². The number of nitrogens with one attached hydrogen (secondary N) is 1. The molecule has 4 saturated heterocycles. The molecule has 0 aliphatic carbocycles. The van der Waals surface area contributed by atoms with Crippen molar-refractivity contribution < 1.29 is 22.8 Å². The van der Waals surface area contributed by atoms with E-state index < -0.39 is 11.9 Å². The Kier molecular flexibility index (Phi) is 4.00. The van der Waals surface area contributed by atoms with E-state index in [4.69, 9.17) is 0 Å². The number of nitrogens with zero attached hydrogens (tertiary/aromatic N) is 4.